The summed E-state index contributed by atoms with van der Waals surface area (Å²) in [5, 5.41) is 0. The van der Waals surface area contributed by atoms with Gasteiger partial charge < -0.3 is 10.5 Å². The lowest BCUT2D eigenvalue weighted by Crippen LogP contribution is -2.29. The maximum Gasteiger partial charge on any atom is 0.0519 e. The van der Waals surface area contributed by atoms with E-state index in [1.807, 2.05) is 0 Å². The van der Waals surface area contributed by atoms with Crippen molar-refractivity contribution >= 4 is 0 Å². The zero-order valence-electron chi connectivity index (χ0n) is 9.61. The zero-order chi connectivity index (χ0) is 11.0. The van der Waals surface area contributed by atoms with E-state index < -0.39 is 0 Å². The molecule has 3 rings (SSSR count). The van der Waals surface area contributed by atoms with Crippen molar-refractivity contribution in [1.82, 2.24) is 0 Å². The Balaban J connectivity index is 1.69. The van der Waals surface area contributed by atoms with Crippen molar-refractivity contribution in [3.8, 4) is 0 Å². The highest BCUT2D eigenvalue weighted by Crippen LogP contribution is 2.47. The van der Waals surface area contributed by atoms with Crippen LogP contribution in [-0.4, -0.2) is 19.8 Å². The molecule has 0 unspecified atom stereocenters. The Morgan fingerprint density at radius 2 is 1.88 bits per heavy atom. The molecule has 2 nitrogen and oxygen atoms in total. The SMILES string of the molecule is NCC1(c2ccc(CC3COC3)cc2)CC1. The average molecular weight is 217 g/mol. The molecule has 2 heteroatoms. The van der Waals surface area contributed by atoms with Gasteiger partial charge in [-0.3, -0.25) is 0 Å². The second kappa shape index (κ2) is 3.86. The first-order valence-corrected chi connectivity index (χ1v) is 6.20. The number of rotatable bonds is 4. The van der Waals surface area contributed by atoms with Gasteiger partial charge in [0.25, 0.3) is 0 Å². The molecule has 1 heterocycles. The van der Waals surface area contributed by atoms with Gasteiger partial charge in [0.05, 0.1) is 13.2 Å². The van der Waals surface area contributed by atoms with Gasteiger partial charge in [-0.2, -0.15) is 0 Å². The lowest BCUT2D eigenvalue weighted by Gasteiger charge is -2.26. The molecule has 2 N–H and O–H groups in total. The van der Waals surface area contributed by atoms with Crippen molar-refractivity contribution in [3.05, 3.63) is 35.4 Å². The standard InChI is InChI=1S/C14H19NO/c15-10-14(5-6-14)13-3-1-11(2-4-13)7-12-8-16-9-12/h1-4,12H,5-10,15H2. The van der Waals surface area contributed by atoms with Crippen molar-refractivity contribution in [3.63, 3.8) is 0 Å². The van der Waals surface area contributed by atoms with Crippen LogP contribution in [0, 0.1) is 5.92 Å². The van der Waals surface area contributed by atoms with Crippen LogP contribution in [-0.2, 0) is 16.6 Å². The van der Waals surface area contributed by atoms with E-state index in [0.717, 1.165) is 32.1 Å². The fraction of sp³-hybridized carbons (Fsp3) is 0.571. The molecule has 0 bridgehead atoms. The van der Waals surface area contributed by atoms with Crippen LogP contribution in [0.25, 0.3) is 0 Å². The second-order valence-electron chi connectivity index (χ2n) is 5.29. The first-order valence-electron chi connectivity index (χ1n) is 6.20. The average Bonchev–Trinajstić information content (AvgIpc) is 3.05. The van der Waals surface area contributed by atoms with E-state index in [9.17, 15) is 0 Å². The lowest BCUT2D eigenvalue weighted by atomic mass is 9.92. The second-order valence-corrected chi connectivity index (χ2v) is 5.29. The molecule has 86 valence electrons. The first-order chi connectivity index (χ1) is 7.82. The van der Waals surface area contributed by atoms with Gasteiger partial charge in [-0.25, -0.2) is 0 Å². The molecule has 0 spiro atoms. The maximum absolute atomic E-state index is 5.83. The molecule has 1 aromatic carbocycles. The fourth-order valence-electron chi connectivity index (χ4n) is 2.49. The van der Waals surface area contributed by atoms with Gasteiger partial charge in [0.15, 0.2) is 0 Å². The minimum atomic E-state index is 0.331. The normalized spacial score (nSPS) is 22.8. The van der Waals surface area contributed by atoms with Gasteiger partial charge in [-0.1, -0.05) is 24.3 Å². The fourth-order valence-corrected chi connectivity index (χ4v) is 2.49. The summed E-state index contributed by atoms with van der Waals surface area (Å²) in [4.78, 5) is 0. The minimum absolute atomic E-state index is 0.331. The lowest BCUT2D eigenvalue weighted by molar-refractivity contribution is -0.0312. The minimum Gasteiger partial charge on any atom is -0.381 e. The molecule has 1 saturated heterocycles. The summed E-state index contributed by atoms with van der Waals surface area (Å²) in [6, 6.07) is 9.08. The number of hydrogen-bond donors (Lipinski definition) is 1. The van der Waals surface area contributed by atoms with E-state index >= 15 is 0 Å². The third-order valence-corrected chi connectivity index (χ3v) is 4.04. The Kier molecular flexibility index (Phi) is 2.49. The summed E-state index contributed by atoms with van der Waals surface area (Å²) in [6.07, 6.45) is 3.69. The molecule has 1 aromatic rings. The molecular formula is C14H19NO. The molecule has 16 heavy (non-hydrogen) atoms. The first kappa shape index (κ1) is 10.3. The Hall–Kier alpha value is -0.860. The van der Waals surface area contributed by atoms with E-state index in [2.05, 4.69) is 24.3 Å². The summed E-state index contributed by atoms with van der Waals surface area (Å²) < 4.78 is 5.20. The van der Waals surface area contributed by atoms with Gasteiger partial charge in [0.2, 0.25) is 0 Å². The van der Waals surface area contributed by atoms with E-state index in [1.165, 1.54) is 24.0 Å². The summed E-state index contributed by atoms with van der Waals surface area (Å²) >= 11 is 0. The van der Waals surface area contributed by atoms with Crippen LogP contribution >= 0.6 is 0 Å². The molecule has 0 amide bonds. The smallest absolute Gasteiger partial charge is 0.0519 e. The Morgan fingerprint density at radius 1 is 1.19 bits per heavy atom. The van der Waals surface area contributed by atoms with Crippen LogP contribution in [0.2, 0.25) is 0 Å². The van der Waals surface area contributed by atoms with Crippen molar-refractivity contribution < 1.29 is 4.74 Å². The third-order valence-electron chi connectivity index (χ3n) is 4.04. The van der Waals surface area contributed by atoms with Crippen molar-refractivity contribution in [2.75, 3.05) is 19.8 Å². The highest BCUT2D eigenvalue weighted by atomic mass is 16.5. The van der Waals surface area contributed by atoms with Crippen molar-refractivity contribution in [2.45, 2.75) is 24.7 Å². The van der Waals surface area contributed by atoms with Crippen molar-refractivity contribution in [1.29, 1.82) is 0 Å². The monoisotopic (exact) mass is 217 g/mol. The third kappa shape index (κ3) is 1.76. The molecule has 2 aliphatic rings. The summed E-state index contributed by atoms with van der Waals surface area (Å²) in [6.45, 7) is 2.67. The highest BCUT2D eigenvalue weighted by Gasteiger charge is 2.42. The molecular weight excluding hydrogens is 198 g/mol. The highest BCUT2D eigenvalue weighted by molar-refractivity contribution is 5.34. The van der Waals surface area contributed by atoms with Crippen LogP contribution in [0.15, 0.2) is 24.3 Å². The molecule has 0 aromatic heterocycles. The number of ether oxygens (including phenoxy) is 1. The van der Waals surface area contributed by atoms with Crippen LogP contribution in [0.3, 0.4) is 0 Å². The number of nitrogens with two attached hydrogens (primary N) is 1. The summed E-state index contributed by atoms with van der Waals surface area (Å²) in [5.41, 5.74) is 9.03. The molecule has 1 saturated carbocycles. The topological polar surface area (TPSA) is 35.2 Å². The predicted octanol–water partition coefficient (Wildman–Crippen LogP) is 1.87. The molecule has 2 fully saturated rings. The molecule has 0 radical (unpaired) electrons. The summed E-state index contributed by atoms with van der Waals surface area (Å²) in [5.74, 6) is 0.746. The van der Waals surface area contributed by atoms with E-state index in [1.54, 1.807) is 0 Å². The van der Waals surface area contributed by atoms with Crippen LogP contribution < -0.4 is 5.73 Å². The Morgan fingerprint density at radius 3 is 2.31 bits per heavy atom. The van der Waals surface area contributed by atoms with Gasteiger partial charge in [-0.15, -0.1) is 0 Å². The maximum atomic E-state index is 5.83. The van der Waals surface area contributed by atoms with Crippen LogP contribution in [0.4, 0.5) is 0 Å². The zero-order valence-corrected chi connectivity index (χ0v) is 9.61. The molecule has 1 aliphatic carbocycles. The van der Waals surface area contributed by atoms with Gasteiger partial charge in [0.1, 0.15) is 0 Å². The van der Waals surface area contributed by atoms with E-state index in [0.29, 0.717) is 5.41 Å². The predicted molar refractivity (Wildman–Crippen MR) is 64.4 cm³/mol. The Labute approximate surface area is 96.8 Å². The van der Waals surface area contributed by atoms with Crippen molar-refractivity contribution in [2.24, 2.45) is 11.7 Å². The molecule has 0 atom stereocenters. The van der Waals surface area contributed by atoms with Crippen LogP contribution in [0.5, 0.6) is 0 Å². The van der Waals surface area contributed by atoms with E-state index in [4.69, 9.17) is 10.5 Å². The summed E-state index contributed by atoms with van der Waals surface area (Å²) in [7, 11) is 0. The Bertz CT molecular complexity index is 363. The van der Waals surface area contributed by atoms with Gasteiger partial charge in [-0.05, 0) is 30.4 Å². The molecule has 1 aliphatic heterocycles. The number of benzene rings is 1. The van der Waals surface area contributed by atoms with Crippen LogP contribution in [0.1, 0.15) is 24.0 Å². The number of hydrogen-bond acceptors (Lipinski definition) is 2. The quantitative estimate of drug-likeness (QED) is 0.835. The van der Waals surface area contributed by atoms with E-state index in [-0.39, 0.29) is 0 Å². The van der Waals surface area contributed by atoms with Gasteiger partial charge in [0, 0.05) is 17.9 Å². The largest absolute Gasteiger partial charge is 0.381 e. The van der Waals surface area contributed by atoms with Gasteiger partial charge >= 0.3 is 0 Å².